The fourth-order valence-electron chi connectivity index (χ4n) is 5.79. The third-order valence-corrected chi connectivity index (χ3v) is 6.44. The number of rotatable bonds is 3. The highest BCUT2D eigenvalue weighted by atomic mass is 15.1. The number of nitrogens with zero attached hydrogens (tertiary/aromatic N) is 2. The van der Waals surface area contributed by atoms with Crippen molar-refractivity contribution in [2.24, 2.45) is 29.6 Å². The first kappa shape index (κ1) is 12.7. The van der Waals surface area contributed by atoms with E-state index in [0.29, 0.717) is 0 Å². The number of aromatic nitrogens is 2. The predicted octanol–water partition coefficient (Wildman–Crippen LogP) is 3.41. The minimum Gasteiger partial charge on any atom is -0.384 e. The maximum Gasteiger partial charge on any atom is 0.126 e. The molecule has 0 aromatic carbocycles. The zero-order valence-electron chi connectivity index (χ0n) is 12.8. The number of imidazole rings is 1. The highest BCUT2D eigenvalue weighted by molar-refractivity contribution is 5.38. The molecule has 4 aliphatic carbocycles. The van der Waals surface area contributed by atoms with Gasteiger partial charge in [0.15, 0.2) is 0 Å². The Hall–Kier alpha value is -0.990. The number of anilines is 1. The molecular formula is C17H27N3. The largest absolute Gasteiger partial charge is 0.384 e. The maximum atomic E-state index is 6.32. The van der Waals surface area contributed by atoms with Crippen LogP contribution in [-0.2, 0) is 13.0 Å². The molecule has 4 fully saturated rings. The quantitative estimate of drug-likeness (QED) is 0.917. The van der Waals surface area contributed by atoms with Gasteiger partial charge in [0.25, 0.3) is 0 Å². The van der Waals surface area contributed by atoms with Crippen molar-refractivity contribution < 1.29 is 0 Å². The van der Waals surface area contributed by atoms with Gasteiger partial charge in [-0.15, -0.1) is 0 Å². The summed E-state index contributed by atoms with van der Waals surface area (Å²) in [5.41, 5.74) is 7.50. The van der Waals surface area contributed by atoms with Gasteiger partial charge in [-0.25, -0.2) is 4.98 Å². The van der Waals surface area contributed by atoms with Crippen molar-refractivity contribution in [1.29, 1.82) is 0 Å². The minimum absolute atomic E-state index is 0.865. The molecule has 4 bridgehead atoms. The average Bonchev–Trinajstić information content (AvgIpc) is 2.67. The van der Waals surface area contributed by atoms with Gasteiger partial charge in [-0.05, 0) is 82.0 Å². The zero-order valence-corrected chi connectivity index (χ0v) is 12.8. The van der Waals surface area contributed by atoms with Crippen LogP contribution in [0.5, 0.6) is 0 Å². The lowest BCUT2D eigenvalue weighted by Crippen LogP contribution is -2.45. The van der Waals surface area contributed by atoms with Crippen molar-refractivity contribution in [1.82, 2.24) is 9.55 Å². The highest BCUT2D eigenvalue weighted by Gasteiger charge is 2.48. The van der Waals surface area contributed by atoms with E-state index < -0.39 is 0 Å². The van der Waals surface area contributed by atoms with Gasteiger partial charge < -0.3 is 10.3 Å². The normalized spacial score (nSPS) is 38.6. The monoisotopic (exact) mass is 273 g/mol. The number of nitrogen functional groups attached to an aromatic ring is 1. The smallest absolute Gasteiger partial charge is 0.126 e. The molecule has 3 heteroatoms. The molecule has 20 heavy (non-hydrogen) atoms. The van der Waals surface area contributed by atoms with Gasteiger partial charge in [0.1, 0.15) is 11.6 Å². The summed E-state index contributed by atoms with van der Waals surface area (Å²) < 4.78 is 2.16. The van der Waals surface area contributed by atoms with E-state index in [1.54, 1.807) is 0 Å². The molecule has 1 aromatic heterocycles. The summed E-state index contributed by atoms with van der Waals surface area (Å²) in [5.74, 6) is 6.94. The molecular weight excluding hydrogens is 246 g/mol. The molecule has 2 N–H and O–H groups in total. The van der Waals surface area contributed by atoms with Crippen molar-refractivity contribution in [3.63, 3.8) is 0 Å². The Bertz CT molecular complexity index is 489. The van der Waals surface area contributed by atoms with Crippen molar-refractivity contribution in [3.05, 3.63) is 11.5 Å². The first-order valence-corrected chi connectivity index (χ1v) is 8.47. The molecule has 0 unspecified atom stereocenters. The van der Waals surface area contributed by atoms with E-state index in [-0.39, 0.29) is 0 Å². The van der Waals surface area contributed by atoms with Crippen LogP contribution in [0.1, 0.15) is 50.5 Å². The van der Waals surface area contributed by atoms with E-state index in [2.05, 4.69) is 18.4 Å². The van der Waals surface area contributed by atoms with Crippen molar-refractivity contribution in [2.45, 2.75) is 58.9 Å². The lowest BCUT2D eigenvalue weighted by atomic mass is 9.51. The van der Waals surface area contributed by atoms with Crippen molar-refractivity contribution in [2.75, 3.05) is 5.73 Å². The first-order chi connectivity index (χ1) is 9.65. The van der Waals surface area contributed by atoms with Crippen LogP contribution >= 0.6 is 0 Å². The summed E-state index contributed by atoms with van der Waals surface area (Å²) in [6.45, 7) is 5.17. The Labute approximate surface area is 122 Å². The van der Waals surface area contributed by atoms with E-state index >= 15 is 0 Å². The third-order valence-electron chi connectivity index (χ3n) is 6.44. The molecule has 0 saturated heterocycles. The molecule has 0 radical (unpaired) electrons. The molecule has 0 aliphatic heterocycles. The minimum atomic E-state index is 0.865. The van der Waals surface area contributed by atoms with E-state index in [4.69, 9.17) is 10.7 Å². The van der Waals surface area contributed by atoms with Crippen LogP contribution in [0.4, 0.5) is 5.82 Å². The molecule has 1 heterocycles. The van der Waals surface area contributed by atoms with Crippen LogP contribution in [0.25, 0.3) is 0 Å². The van der Waals surface area contributed by atoms with Gasteiger partial charge >= 0.3 is 0 Å². The highest BCUT2D eigenvalue weighted by Crippen LogP contribution is 2.57. The lowest BCUT2D eigenvalue weighted by molar-refractivity contribution is -0.0362. The fraction of sp³-hybridized carbons (Fsp3) is 0.824. The molecule has 3 nitrogen and oxygen atoms in total. The molecule has 110 valence electrons. The summed E-state index contributed by atoms with van der Waals surface area (Å²) in [7, 11) is 0. The standard InChI is InChI=1S/C17H27N3/c1-3-20-10(2)19-16(17(20)18)9-15-13-5-11-4-12(7-13)8-14(15)6-11/h11-15H,3-9,18H2,1-2H3. The summed E-state index contributed by atoms with van der Waals surface area (Å²) in [4.78, 5) is 4.77. The first-order valence-electron chi connectivity index (χ1n) is 8.47. The molecule has 5 rings (SSSR count). The Morgan fingerprint density at radius 1 is 1.10 bits per heavy atom. The van der Waals surface area contributed by atoms with Crippen LogP contribution in [0.3, 0.4) is 0 Å². The number of nitrogens with two attached hydrogens (primary N) is 1. The Kier molecular flexibility index (Phi) is 2.87. The van der Waals surface area contributed by atoms with Gasteiger partial charge in [0.05, 0.1) is 5.69 Å². The number of aryl methyl sites for hydroxylation is 1. The Balaban J connectivity index is 1.57. The van der Waals surface area contributed by atoms with Crippen LogP contribution in [0.15, 0.2) is 0 Å². The topological polar surface area (TPSA) is 43.8 Å². The van der Waals surface area contributed by atoms with E-state index in [1.807, 2.05) is 0 Å². The summed E-state index contributed by atoms with van der Waals surface area (Å²) >= 11 is 0. The van der Waals surface area contributed by atoms with Crippen molar-refractivity contribution in [3.8, 4) is 0 Å². The summed E-state index contributed by atoms with van der Waals surface area (Å²) in [6.07, 6.45) is 8.63. The van der Waals surface area contributed by atoms with Crippen LogP contribution < -0.4 is 5.73 Å². The van der Waals surface area contributed by atoms with E-state index in [9.17, 15) is 0 Å². The number of hydrogen-bond acceptors (Lipinski definition) is 2. The molecule has 0 amide bonds. The molecule has 0 spiro atoms. The summed E-state index contributed by atoms with van der Waals surface area (Å²) in [6, 6.07) is 0. The van der Waals surface area contributed by atoms with E-state index in [0.717, 1.165) is 54.2 Å². The molecule has 4 saturated carbocycles. The Morgan fingerprint density at radius 2 is 1.70 bits per heavy atom. The summed E-state index contributed by atoms with van der Waals surface area (Å²) in [5, 5.41) is 0. The van der Waals surface area contributed by atoms with Crippen molar-refractivity contribution >= 4 is 5.82 Å². The average molecular weight is 273 g/mol. The van der Waals surface area contributed by atoms with Crippen LogP contribution in [0, 0.1) is 36.5 Å². The molecule has 1 aromatic rings. The van der Waals surface area contributed by atoms with Gasteiger partial charge in [-0.2, -0.15) is 0 Å². The van der Waals surface area contributed by atoms with E-state index in [1.165, 1.54) is 37.8 Å². The fourth-order valence-corrected chi connectivity index (χ4v) is 5.79. The Morgan fingerprint density at radius 3 is 2.20 bits per heavy atom. The second kappa shape index (κ2) is 4.51. The third kappa shape index (κ3) is 1.82. The molecule has 0 atom stereocenters. The van der Waals surface area contributed by atoms with Gasteiger partial charge in [-0.3, -0.25) is 0 Å². The molecule has 4 aliphatic rings. The second-order valence-electron chi connectivity index (χ2n) is 7.53. The van der Waals surface area contributed by atoms with Gasteiger partial charge in [0.2, 0.25) is 0 Å². The van der Waals surface area contributed by atoms with Gasteiger partial charge in [0, 0.05) is 6.54 Å². The van der Waals surface area contributed by atoms with Crippen LogP contribution in [-0.4, -0.2) is 9.55 Å². The SMILES string of the molecule is CCn1c(C)nc(CC2C3CC4CC(C3)CC2C4)c1N. The predicted molar refractivity (Wildman–Crippen MR) is 81.3 cm³/mol. The second-order valence-corrected chi connectivity index (χ2v) is 7.53. The van der Waals surface area contributed by atoms with Crippen LogP contribution in [0.2, 0.25) is 0 Å². The lowest BCUT2D eigenvalue weighted by Gasteiger charge is -2.54. The zero-order chi connectivity index (χ0) is 13.9. The maximum absolute atomic E-state index is 6.32. The number of hydrogen-bond donors (Lipinski definition) is 1. The van der Waals surface area contributed by atoms with Gasteiger partial charge in [-0.1, -0.05) is 0 Å².